The molecule has 0 heterocycles. The van der Waals surface area contributed by atoms with Crippen molar-refractivity contribution in [2.24, 2.45) is 0 Å². The van der Waals surface area contributed by atoms with Gasteiger partial charge in [0.2, 0.25) is 0 Å². The Morgan fingerprint density at radius 2 is 1.14 bits per heavy atom. The Morgan fingerprint density at radius 1 is 0.667 bits per heavy atom. The molecule has 0 aliphatic heterocycles. The van der Waals surface area contributed by atoms with Crippen LogP contribution in [0.15, 0.2) is 72.8 Å². The molecule has 0 spiro atoms. The Kier molecular flexibility index (Phi) is 3.69. The van der Waals surface area contributed by atoms with E-state index in [2.05, 4.69) is 6.07 Å². The average molecular weight is 278 g/mol. The van der Waals surface area contributed by atoms with E-state index in [0.717, 1.165) is 28.0 Å². The zero-order valence-corrected chi connectivity index (χ0v) is 11.7. The number of methoxy groups -OCH3 is 1. The van der Waals surface area contributed by atoms with E-state index in [1.54, 1.807) is 19.2 Å². The molecule has 0 bridgehead atoms. The molecule has 0 saturated carbocycles. The van der Waals surface area contributed by atoms with Gasteiger partial charge in [0.1, 0.15) is 11.6 Å². The summed E-state index contributed by atoms with van der Waals surface area (Å²) in [5, 5.41) is 0. The molecule has 104 valence electrons. The van der Waals surface area contributed by atoms with E-state index >= 15 is 0 Å². The maximum absolute atomic E-state index is 13.1. The van der Waals surface area contributed by atoms with Crippen LogP contribution in [-0.4, -0.2) is 7.11 Å². The fourth-order valence-corrected chi connectivity index (χ4v) is 2.39. The Bertz CT molecular complexity index is 730. The highest BCUT2D eigenvalue weighted by Crippen LogP contribution is 2.32. The van der Waals surface area contributed by atoms with Crippen molar-refractivity contribution in [2.75, 3.05) is 7.11 Å². The second-order valence-electron chi connectivity index (χ2n) is 4.78. The van der Waals surface area contributed by atoms with Crippen molar-refractivity contribution < 1.29 is 9.13 Å². The van der Waals surface area contributed by atoms with Crippen LogP contribution in [0.1, 0.15) is 0 Å². The van der Waals surface area contributed by atoms with Crippen LogP contribution in [0, 0.1) is 5.82 Å². The molecule has 0 N–H and O–H groups in total. The molecule has 3 rings (SSSR count). The number of ether oxygens (including phenoxy) is 1. The third-order valence-corrected chi connectivity index (χ3v) is 3.48. The number of benzene rings is 3. The normalized spacial score (nSPS) is 10.4. The van der Waals surface area contributed by atoms with Gasteiger partial charge in [0.05, 0.1) is 7.11 Å². The summed E-state index contributed by atoms with van der Waals surface area (Å²) in [6.07, 6.45) is 0. The minimum atomic E-state index is -0.222. The summed E-state index contributed by atoms with van der Waals surface area (Å²) >= 11 is 0. The highest BCUT2D eigenvalue weighted by atomic mass is 19.1. The summed E-state index contributed by atoms with van der Waals surface area (Å²) < 4.78 is 18.3. The zero-order valence-electron chi connectivity index (χ0n) is 11.7. The molecule has 0 aliphatic carbocycles. The second kappa shape index (κ2) is 5.80. The van der Waals surface area contributed by atoms with E-state index in [1.165, 1.54) is 12.1 Å². The maximum Gasteiger partial charge on any atom is 0.123 e. The van der Waals surface area contributed by atoms with E-state index in [1.807, 2.05) is 42.5 Å². The highest BCUT2D eigenvalue weighted by molar-refractivity contribution is 5.83. The van der Waals surface area contributed by atoms with Gasteiger partial charge in [-0.3, -0.25) is 0 Å². The molecule has 0 saturated heterocycles. The smallest absolute Gasteiger partial charge is 0.123 e. The quantitative estimate of drug-likeness (QED) is 0.642. The van der Waals surface area contributed by atoms with Crippen LogP contribution in [0.25, 0.3) is 22.3 Å². The van der Waals surface area contributed by atoms with Gasteiger partial charge in [-0.15, -0.1) is 0 Å². The molecule has 0 fully saturated rings. The molecule has 0 atom stereocenters. The molecular weight excluding hydrogens is 263 g/mol. The fourth-order valence-electron chi connectivity index (χ4n) is 2.39. The number of hydrogen-bond acceptors (Lipinski definition) is 1. The lowest BCUT2D eigenvalue weighted by molar-refractivity contribution is 0.415. The Labute approximate surface area is 123 Å². The van der Waals surface area contributed by atoms with Crippen molar-refractivity contribution in [3.8, 4) is 28.0 Å². The number of hydrogen-bond donors (Lipinski definition) is 0. The van der Waals surface area contributed by atoms with E-state index in [9.17, 15) is 4.39 Å². The van der Waals surface area contributed by atoms with Crippen LogP contribution in [0.2, 0.25) is 0 Å². The van der Waals surface area contributed by atoms with Gasteiger partial charge in [-0.25, -0.2) is 4.39 Å². The lowest BCUT2D eigenvalue weighted by Gasteiger charge is -2.10. The molecule has 2 heteroatoms. The van der Waals surface area contributed by atoms with Gasteiger partial charge < -0.3 is 4.74 Å². The van der Waals surface area contributed by atoms with Crippen LogP contribution >= 0.6 is 0 Å². The summed E-state index contributed by atoms with van der Waals surface area (Å²) in [6.45, 7) is 0. The third-order valence-electron chi connectivity index (χ3n) is 3.48. The molecule has 0 aromatic heterocycles. The van der Waals surface area contributed by atoms with Crippen molar-refractivity contribution in [2.45, 2.75) is 0 Å². The van der Waals surface area contributed by atoms with Crippen LogP contribution in [-0.2, 0) is 0 Å². The first-order chi connectivity index (χ1) is 10.3. The third kappa shape index (κ3) is 2.79. The first-order valence-corrected chi connectivity index (χ1v) is 6.77. The largest absolute Gasteiger partial charge is 0.497 e. The van der Waals surface area contributed by atoms with Crippen LogP contribution in [0.4, 0.5) is 4.39 Å². The lowest BCUT2D eigenvalue weighted by atomic mass is 9.94. The summed E-state index contributed by atoms with van der Waals surface area (Å²) in [4.78, 5) is 0. The molecular formula is C19H15FO. The molecule has 0 unspecified atom stereocenters. The second-order valence-corrected chi connectivity index (χ2v) is 4.78. The van der Waals surface area contributed by atoms with Crippen LogP contribution in [0.3, 0.4) is 0 Å². The average Bonchev–Trinajstić information content (AvgIpc) is 2.56. The molecule has 0 amide bonds. The van der Waals surface area contributed by atoms with Crippen molar-refractivity contribution in [1.82, 2.24) is 0 Å². The molecule has 3 aromatic carbocycles. The molecule has 0 radical (unpaired) electrons. The minimum absolute atomic E-state index is 0.222. The number of rotatable bonds is 3. The molecule has 0 aliphatic rings. The van der Waals surface area contributed by atoms with Gasteiger partial charge in [-0.2, -0.15) is 0 Å². The fraction of sp³-hybridized carbons (Fsp3) is 0.0526. The lowest BCUT2D eigenvalue weighted by Crippen LogP contribution is -1.86. The van der Waals surface area contributed by atoms with E-state index < -0.39 is 0 Å². The topological polar surface area (TPSA) is 9.23 Å². The Balaban J connectivity index is 2.08. The van der Waals surface area contributed by atoms with Crippen molar-refractivity contribution >= 4 is 0 Å². The van der Waals surface area contributed by atoms with E-state index in [0.29, 0.717) is 0 Å². The molecule has 3 aromatic rings. The number of halogens is 1. The molecule has 1 nitrogen and oxygen atoms in total. The van der Waals surface area contributed by atoms with Gasteiger partial charge in [0.15, 0.2) is 0 Å². The van der Waals surface area contributed by atoms with E-state index in [4.69, 9.17) is 4.74 Å². The van der Waals surface area contributed by atoms with Crippen molar-refractivity contribution in [3.63, 3.8) is 0 Å². The van der Waals surface area contributed by atoms with Crippen molar-refractivity contribution in [1.29, 1.82) is 0 Å². The first kappa shape index (κ1) is 13.4. The van der Waals surface area contributed by atoms with Gasteiger partial charge >= 0.3 is 0 Å². The summed E-state index contributed by atoms with van der Waals surface area (Å²) in [5.74, 6) is 0.610. The van der Waals surface area contributed by atoms with Gasteiger partial charge in [0.25, 0.3) is 0 Å². The van der Waals surface area contributed by atoms with Crippen LogP contribution in [0.5, 0.6) is 5.75 Å². The van der Waals surface area contributed by atoms with Gasteiger partial charge in [-0.1, -0.05) is 48.5 Å². The minimum Gasteiger partial charge on any atom is -0.497 e. The summed E-state index contributed by atoms with van der Waals surface area (Å²) in [6, 6.07) is 22.6. The predicted octanol–water partition coefficient (Wildman–Crippen LogP) is 5.17. The van der Waals surface area contributed by atoms with Crippen LogP contribution < -0.4 is 4.74 Å². The van der Waals surface area contributed by atoms with Gasteiger partial charge in [0, 0.05) is 0 Å². The van der Waals surface area contributed by atoms with E-state index in [-0.39, 0.29) is 5.82 Å². The Hall–Kier alpha value is -2.61. The monoisotopic (exact) mass is 278 g/mol. The summed E-state index contributed by atoms with van der Waals surface area (Å²) in [5.41, 5.74) is 4.31. The molecule has 21 heavy (non-hydrogen) atoms. The Morgan fingerprint density at radius 3 is 1.62 bits per heavy atom. The van der Waals surface area contributed by atoms with Crippen molar-refractivity contribution in [3.05, 3.63) is 78.6 Å². The predicted molar refractivity (Wildman–Crippen MR) is 83.8 cm³/mol. The first-order valence-electron chi connectivity index (χ1n) is 6.77. The maximum atomic E-state index is 13.1. The summed E-state index contributed by atoms with van der Waals surface area (Å²) in [7, 11) is 1.65. The zero-order chi connectivity index (χ0) is 14.7. The SMILES string of the molecule is COc1ccc(-c2ccccc2-c2ccc(F)cc2)cc1. The highest BCUT2D eigenvalue weighted by Gasteiger charge is 2.07. The standard InChI is InChI=1S/C19H15FO/c1-21-17-12-8-15(9-13-17)19-5-3-2-4-18(19)14-6-10-16(20)11-7-14/h2-13H,1H3. The van der Waals surface area contributed by atoms with Gasteiger partial charge in [-0.05, 0) is 46.5 Å².